The highest BCUT2D eigenvalue weighted by Crippen LogP contribution is 2.22. The van der Waals surface area contributed by atoms with Crippen molar-refractivity contribution in [1.29, 1.82) is 0 Å². The third-order valence-electron chi connectivity index (χ3n) is 3.11. The normalized spacial score (nSPS) is 10.6. The van der Waals surface area contributed by atoms with Crippen LogP contribution in [0, 0.1) is 5.82 Å². The van der Waals surface area contributed by atoms with Gasteiger partial charge in [-0.2, -0.15) is 0 Å². The molecule has 0 aliphatic rings. The van der Waals surface area contributed by atoms with Crippen molar-refractivity contribution < 1.29 is 9.13 Å². The van der Waals surface area contributed by atoms with Crippen molar-refractivity contribution >= 4 is 11.6 Å². The van der Waals surface area contributed by atoms with Crippen LogP contribution in [0.3, 0.4) is 0 Å². The number of para-hydroxylation sites is 1. The molecular weight excluding hydrogens is 289 g/mol. The minimum Gasteiger partial charge on any atom is -0.489 e. The van der Waals surface area contributed by atoms with Crippen LogP contribution in [0.25, 0.3) is 0 Å². The van der Waals surface area contributed by atoms with Crippen molar-refractivity contribution in [2.75, 3.05) is 6.54 Å². The van der Waals surface area contributed by atoms with Gasteiger partial charge in [-0.05, 0) is 31.2 Å². The van der Waals surface area contributed by atoms with Crippen LogP contribution in [-0.2, 0) is 13.2 Å². The number of hydrogen-bond acceptors (Lipinski definition) is 2. The van der Waals surface area contributed by atoms with Gasteiger partial charge >= 0.3 is 0 Å². The van der Waals surface area contributed by atoms with Crippen molar-refractivity contribution in [3.63, 3.8) is 0 Å². The minimum atomic E-state index is -0.340. The summed E-state index contributed by atoms with van der Waals surface area (Å²) in [6.45, 7) is 4.19. The monoisotopic (exact) mass is 307 g/mol. The molecule has 4 heteroatoms. The van der Waals surface area contributed by atoms with Crippen molar-refractivity contribution in [3.05, 3.63) is 64.4 Å². The van der Waals surface area contributed by atoms with E-state index in [1.807, 2.05) is 24.3 Å². The first-order chi connectivity index (χ1) is 10.2. The average molecular weight is 308 g/mol. The summed E-state index contributed by atoms with van der Waals surface area (Å²) in [6.07, 6.45) is 1.09. The fraction of sp³-hybridized carbons (Fsp3) is 0.294. The molecule has 0 unspecified atom stereocenters. The van der Waals surface area contributed by atoms with E-state index in [2.05, 4.69) is 12.2 Å². The maximum atomic E-state index is 13.0. The van der Waals surface area contributed by atoms with Crippen LogP contribution in [0.1, 0.15) is 24.5 Å². The van der Waals surface area contributed by atoms with Gasteiger partial charge in [-0.25, -0.2) is 4.39 Å². The SMILES string of the molecule is CCCNCc1ccccc1OCc1ccc(F)cc1Cl. The second-order valence-electron chi connectivity index (χ2n) is 4.81. The molecule has 1 N–H and O–H groups in total. The standard InChI is InChI=1S/C17H19ClFNO/c1-2-9-20-11-13-5-3-4-6-17(13)21-12-14-7-8-15(19)10-16(14)18/h3-8,10,20H,2,9,11-12H2,1H3. The van der Waals surface area contributed by atoms with E-state index < -0.39 is 0 Å². The molecule has 0 bridgehead atoms. The lowest BCUT2D eigenvalue weighted by Crippen LogP contribution is -2.14. The molecule has 0 saturated carbocycles. The highest BCUT2D eigenvalue weighted by Gasteiger charge is 2.06. The van der Waals surface area contributed by atoms with Crippen molar-refractivity contribution in [2.24, 2.45) is 0 Å². The van der Waals surface area contributed by atoms with Crippen LogP contribution in [0.15, 0.2) is 42.5 Å². The Balaban J connectivity index is 2.02. The number of rotatable bonds is 7. The highest BCUT2D eigenvalue weighted by atomic mass is 35.5. The number of nitrogens with one attached hydrogen (secondary N) is 1. The Morgan fingerprint density at radius 1 is 1.14 bits per heavy atom. The summed E-state index contributed by atoms with van der Waals surface area (Å²) >= 11 is 6.01. The predicted molar refractivity (Wildman–Crippen MR) is 84.2 cm³/mol. The van der Waals surface area contributed by atoms with Gasteiger partial charge < -0.3 is 10.1 Å². The van der Waals surface area contributed by atoms with Gasteiger partial charge in [0.25, 0.3) is 0 Å². The van der Waals surface area contributed by atoms with Crippen LogP contribution in [-0.4, -0.2) is 6.54 Å². The van der Waals surface area contributed by atoms with Crippen molar-refractivity contribution in [1.82, 2.24) is 5.32 Å². The summed E-state index contributed by atoms with van der Waals surface area (Å²) in [5.74, 6) is 0.481. The Morgan fingerprint density at radius 3 is 2.71 bits per heavy atom. The number of halogens is 2. The molecule has 0 radical (unpaired) electrons. The van der Waals surface area contributed by atoms with E-state index >= 15 is 0 Å². The van der Waals surface area contributed by atoms with E-state index in [-0.39, 0.29) is 5.82 Å². The second kappa shape index (κ2) is 8.01. The van der Waals surface area contributed by atoms with Gasteiger partial charge in [0.05, 0.1) is 5.02 Å². The van der Waals surface area contributed by atoms with Gasteiger partial charge in [-0.3, -0.25) is 0 Å². The van der Waals surface area contributed by atoms with Gasteiger partial charge in [0.1, 0.15) is 18.2 Å². The molecule has 0 aliphatic carbocycles. The van der Waals surface area contributed by atoms with E-state index in [0.717, 1.165) is 36.4 Å². The smallest absolute Gasteiger partial charge is 0.124 e. The first-order valence-electron chi connectivity index (χ1n) is 7.06. The molecule has 2 aromatic carbocycles. The van der Waals surface area contributed by atoms with Crippen LogP contribution in [0.4, 0.5) is 4.39 Å². The largest absolute Gasteiger partial charge is 0.489 e. The Hall–Kier alpha value is -1.58. The zero-order valence-corrected chi connectivity index (χ0v) is 12.8. The highest BCUT2D eigenvalue weighted by molar-refractivity contribution is 6.31. The maximum absolute atomic E-state index is 13.0. The molecule has 112 valence electrons. The summed E-state index contributed by atoms with van der Waals surface area (Å²) in [7, 11) is 0. The van der Waals surface area contributed by atoms with Gasteiger partial charge in [0.15, 0.2) is 0 Å². The van der Waals surface area contributed by atoms with Crippen LogP contribution >= 0.6 is 11.6 Å². The second-order valence-corrected chi connectivity index (χ2v) is 5.22. The third kappa shape index (κ3) is 4.73. The lowest BCUT2D eigenvalue weighted by molar-refractivity contribution is 0.302. The molecule has 2 aromatic rings. The number of hydrogen-bond donors (Lipinski definition) is 1. The number of benzene rings is 2. The Morgan fingerprint density at radius 2 is 1.95 bits per heavy atom. The Kier molecular flexibility index (Phi) is 6.03. The third-order valence-corrected chi connectivity index (χ3v) is 3.46. The topological polar surface area (TPSA) is 21.3 Å². The van der Waals surface area contributed by atoms with Gasteiger partial charge in [0, 0.05) is 17.7 Å². The van der Waals surface area contributed by atoms with E-state index in [1.54, 1.807) is 6.07 Å². The van der Waals surface area contributed by atoms with Gasteiger partial charge in [0.2, 0.25) is 0 Å². The first kappa shape index (κ1) is 15.8. The minimum absolute atomic E-state index is 0.323. The molecule has 0 atom stereocenters. The molecule has 2 nitrogen and oxygen atoms in total. The van der Waals surface area contributed by atoms with Crippen LogP contribution in [0.2, 0.25) is 5.02 Å². The fourth-order valence-corrected chi connectivity index (χ4v) is 2.21. The molecule has 21 heavy (non-hydrogen) atoms. The molecule has 2 rings (SSSR count). The van der Waals surface area contributed by atoms with E-state index in [9.17, 15) is 4.39 Å². The molecule has 0 saturated heterocycles. The van der Waals surface area contributed by atoms with E-state index in [1.165, 1.54) is 12.1 Å². The quantitative estimate of drug-likeness (QED) is 0.757. The molecule has 0 amide bonds. The predicted octanol–water partition coefficient (Wildman–Crippen LogP) is 4.56. The van der Waals surface area contributed by atoms with Crippen LogP contribution in [0.5, 0.6) is 5.75 Å². The zero-order chi connectivity index (χ0) is 15.1. The summed E-state index contributed by atoms with van der Waals surface area (Å²) < 4.78 is 18.8. The molecule has 0 heterocycles. The lowest BCUT2D eigenvalue weighted by atomic mass is 10.2. The molecule has 0 aliphatic heterocycles. The summed E-state index contributed by atoms with van der Waals surface area (Å²) in [5, 5.41) is 3.74. The van der Waals surface area contributed by atoms with Crippen molar-refractivity contribution in [2.45, 2.75) is 26.5 Å². The summed E-state index contributed by atoms with van der Waals surface area (Å²) in [5.41, 5.74) is 1.87. The van der Waals surface area contributed by atoms with E-state index in [0.29, 0.717) is 11.6 Å². The molecule has 0 fully saturated rings. The molecule has 0 spiro atoms. The van der Waals surface area contributed by atoms with Gasteiger partial charge in [-0.1, -0.05) is 42.8 Å². The van der Waals surface area contributed by atoms with Crippen molar-refractivity contribution in [3.8, 4) is 5.75 Å². The summed E-state index contributed by atoms with van der Waals surface area (Å²) in [6, 6.07) is 12.2. The van der Waals surface area contributed by atoms with Gasteiger partial charge in [-0.15, -0.1) is 0 Å². The zero-order valence-electron chi connectivity index (χ0n) is 12.0. The first-order valence-corrected chi connectivity index (χ1v) is 7.44. The number of ether oxygens (including phenoxy) is 1. The van der Waals surface area contributed by atoms with E-state index in [4.69, 9.17) is 16.3 Å². The lowest BCUT2D eigenvalue weighted by Gasteiger charge is -2.12. The average Bonchev–Trinajstić information content (AvgIpc) is 2.48. The fourth-order valence-electron chi connectivity index (χ4n) is 1.98. The Bertz CT molecular complexity index is 589. The molecule has 0 aromatic heterocycles. The Labute approximate surface area is 129 Å². The molecular formula is C17H19ClFNO. The summed E-state index contributed by atoms with van der Waals surface area (Å²) in [4.78, 5) is 0. The van der Waals surface area contributed by atoms with Crippen LogP contribution < -0.4 is 10.1 Å². The maximum Gasteiger partial charge on any atom is 0.124 e.